The van der Waals surface area contributed by atoms with Crippen molar-refractivity contribution in [3.8, 4) is 5.75 Å². The first-order valence-electron chi connectivity index (χ1n) is 4.38. The third kappa shape index (κ3) is 3.36. The van der Waals surface area contributed by atoms with Gasteiger partial charge in [0.25, 0.3) is 0 Å². The summed E-state index contributed by atoms with van der Waals surface area (Å²) in [5.74, 6) is 0.988. The average Bonchev–Trinajstić information content (AvgIpc) is 2.46. The molecule has 0 aliphatic carbocycles. The third-order valence-corrected chi connectivity index (χ3v) is 2.61. The Balaban J connectivity index is 2.54. The zero-order valence-electron chi connectivity index (χ0n) is 8.68. The molecule has 74 valence electrons. The van der Waals surface area contributed by atoms with Crippen LogP contribution in [-0.2, 0) is 6.54 Å². The second-order valence-electron chi connectivity index (χ2n) is 4.02. The number of thiophene rings is 1. The number of rotatable bonds is 3. The van der Waals surface area contributed by atoms with Crippen LogP contribution < -0.4 is 10.1 Å². The van der Waals surface area contributed by atoms with Gasteiger partial charge in [-0.15, -0.1) is 11.3 Å². The van der Waals surface area contributed by atoms with Gasteiger partial charge >= 0.3 is 0 Å². The molecule has 0 aliphatic heterocycles. The van der Waals surface area contributed by atoms with E-state index < -0.39 is 0 Å². The van der Waals surface area contributed by atoms with E-state index in [9.17, 15) is 0 Å². The minimum absolute atomic E-state index is 0.162. The molecule has 0 aliphatic rings. The largest absolute Gasteiger partial charge is 0.496 e. The second kappa shape index (κ2) is 4.11. The molecule has 1 N–H and O–H groups in total. The van der Waals surface area contributed by atoms with E-state index in [0.717, 1.165) is 12.3 Å². The maximum atomic E-state index is 5.22. The number of hydrogen-bond donors (Lipinski definition) is 1. The molecular formula is C10H17NOS. The normalized spacial score (nSPS) is 11.7. The van der Waals surface area contributed by atoms with Crippen LogP contribution in [0.3, 0.4) is 0 Å². The van der Waals surface area contributed by atoms with Gasteiger partial charge in [-0.1, -0.05) is 0 Å². The summed E-state index contributed by atoms with van der Waals surface area (Å²) in [7, 11) is 1.71. The molecule has 1 heterocycles. The van der Waals surface area contributed by atoms with Crippen molar-refractivity contribution < 1.29 is 4.74 Å². The van der Waals surface area contributed by atoms with Crippen molar-refractivity contribution in [3.05, 3.63) is 16.3 Å². The van der Waals surface area contributed by atoms with Crippen LogP contribution in [0.15, 0.2) is 11.4 Å². The van der Waals surface area contributed by atoms with Gasteiger partial charge in [-0.2, -0.15) is 0 Å². The summed E-state index contributed by atoms with van der Waals surface area (Å²) >= 11 is 1.73. The maximum absolute atomic E-state index is 5.22. The van der Waals surface area contributed by atoms with E-state index in [2.05, 4.69) is 31.5 Å². The molecular weight excluding hydrogens is 182 g/mol. The summed E-state index contributed by atoms with van der Waals surface area (Å²) in [5.41, 5.74) is 0.162. The van der Waals surface area contributed by atoms with Gasteiger partial charge < -0.3 is 10.1 Å². The van der Waals surface area contributed by atoms with Crippen LogP contribution in [0, 0.1) is 0 Å². The molecule has 0 radical (unpaired) electrons. The number of methoxy groups -OCH3 is 1. The Morgan fingerprint density at radius 1 is 1.46 bits per heavy atom. The van der Waals surface area contributed by atoms with Crippen molar-refractivity contribution in [2.45, 2.75) is 32.9 Å². The van der Waals surface area contributed by atoms with Crippen LogP contribution in [0.25, 0.3) is 0 Å². The Morgan fingerprint density at radius 3 is 2.69 bits per heavy atom. The summed E-state index contributed by atoms with van der Waals surface area (Å²) in [6, 6.07) is 2.00. The molecule has 0 unspecified atom stereocenters. The van der Waals surface area contributed by atoms with Crippen molar-refractivity contribution in [1.29, 1.82) is 0 Å². The lowest BCUT2D eigenvalue weighted by Crippen LogP contribution is -2.34. The summed E-state index contributed by atoms with van der Waals surface area (Å²) in [6.07, 6.45) is 0. The van der Waals surface area contributed by atoms with Gasteiger partial charge in [0.15, 0.2) is 0 Å². The van der Waals surface area contributed by atoms with Crippen molar-refractivity contribution in [2.24, 2.45) is 0 Å². The van der Waals surface area contributed by atoms with Crippen molar-refractivity contribution in [3.63, 3.8) is 0 Å². The molecule has 0 bridgehead atoms. The molecule has 0 amide bonds. The summed E-state index contributed by atoms with van der Waals surface area (Å²) < 4.78 is 5.22. The number of nitrogens with one attached hydrogen (secondary N) is 1. The Morgan fingerprint density at radius 2 is 2.15 bits per heavy atom. The van der Waals surface area contributed by atoms with Crippen LogP contribution in [0.4, 0.5) is 0 Å². The quantitative estimate of drug-likeness (QED) is 0.808. The molecule has 3 heteroatoms. The highest BCUT2D eigenvalue weighted by Crippen LogP contribution is 2.24. The van der Waals surface area contributed by atoms with E-state index in [1.807, 2.05) is 6.07 Å². The van der Waals surface area contributed by atoms with Gasteiger partial charge in [0.05, 0.1) is 12.0 Å². The lowest BCUT2D eigenvalue weighted by molar-refractivity contribution is 0.396. The van der Waals surface area contributed by atoms with E-state index in [1.165, 1.54) is 4.88 Å². The first kappa shape index (κ1) is 10.5. The van der Waals surface area contributed by atoms with E-state index in [4.69, 9.17) is 4.74 Å². The van der Waals surface area contributed by atoms with Gasteiger partial charge in [0.2, 0.25) is 0 Å². The van der Waals surface area contributed by atoms with Gasteiger partial charge in [-0.25, -0.2) is 0 Å². The van der Waals surface area contributed by atoms with Crippen molar-refractivity contribution in [2.75, 3.05) is 7.11 Å². The smallest absolute Gasteiger partial charge is 0.134 e. The highest BCUT2D eigenvalue weighted by atomic mass is 32.1. The monoisotopic (exact) mass is 199 g/mol. The maximum Gasteiger partial charge on any atom is 0.134 e. The van der Waals surface area contributed by atoms with E-state index in [-0.39, 0.29) is 5.54 Å². The number of hydrogen-bond acceptors (Lipinski definition) is 3. The molecule has 1 aromatic heterocycles. The highest BCUT2D eigenvalue weighted by Gasteiger charge is 2.11. The van der Waals surface area contributed by atoms with Gasteiger partial charge in [-0.05, 0) is 32.2 Å². The molecule has 0 spiro atoms. The summed E-state index contributed by atoms with van der Waals surface area (Å²) in [5, 5.41) is 5.48. The van der Waals surface area contributed by atoms with Crippen LogP contribution in [0.5, 0.6) is 5.75 Å². The Bertz CT molecular complexity index is 262. The van der Waals surface area contributed by atoms with Crippen LogP contribution in [0.1, 0.15) is 25.6 Å². The fourth-order valence-electron chi connectivity index (χ4n) is 0.985. The standard InChI is InChI=1S/C10H17NOS/c1-10(2,3)11-7-9-8(12-4)5-6-13-9/h5-6,11H,7H2,1-4H3. The fraction of sp³-hybridized carbons (Fsp3) is 0.600. The van der Waals surface area contributed by atoms with Crippen molar-refractivity contribution in [1.82, 2.24) is 5.32 Å². The average molecular weight is 199 g/mol. The van der Waals surface area contributed by atoms with Gasteiger partial charge in [0.1, 0.15) is 5.75 Å². The summed E-state index contributed by atoms with van der Waals surface area (Å²) in [4.78, 5) is 1.26. The highest BCUT2D eigenvalue weighted by molar-refractivity contribution is 7.10. The van der Waals surface area contributed by atoms with Gasteiger partial charge in [-0.3, -0.25) is 0 Å². The Hall–Kier alpha value is -0.540. The Labute approximate surface area is 83.9 Å². The topological polar surface area (TPSA) is 21.3 Å². The molecule has 0 saturated heterocycles. The lowest BCUT2D eigenvalue weighted by atomic mass is 10.1. The van der Waals surface area contributed by atoms with Crippen molar-refractivity contribution >= 4 is 11.3 Å². The predicted molar refractivity (Wildman–Crippen MR) is 57.5 cm³/mol. The molecule has 1 aromatic rings. The summed E-state index contributed by atoms with van der Waals surface area (Å²) in [6.45, 7) is 7.36. The van der Waals surface area contributed by atoms with Gasteiger partial charge in [0, 0.05) is 12.1 Å². The number of ether oxygens (including phenoxy) is 1. The van der Waals surface area contributed by atoms with Crippen LogP contribution in [0.2, 0.25) is 0 Å². The van der Waals surface area contributed by atoms with E-state index >= 15 is 0 Å². The SMILES string of the molecule is COc1ccsc1CNC(C)(C)C. The first-order chi connectivity index (χ1) is 6.03. The first-order valence-corrected chi connectivity index (χ1v) is 5.26. The zero-order chi connectivity index (χ0) is 9.90. The molecule has 0 atom stereocenters. The predicted octanol–water partition coefficient (Wildman–Crippen LogP) is 2.64. The minimum Gasteiger partial charge on any atom is -0.496 e. The Kier molecular flexibility index (Phi) is 3.33. The van der Waals surface area contributed by atoms with E-state index in [0.29, 0.717) is 0 Å². The fourth-order valence-corrected chi connectivity index (χ4v) is 1.76. The second-order valence-corrected chi connectivity index (χ2v) is 5.02. The van der Waals surface area contributed by atoms with E-state index in [1.54, 1.807) is 18.4 Å². The molecule has 0 aromatic carbocycles. The zero-order valence-corrected chi connectivity index (χ0v) is 9.49. The lowest BCUT2D eigenvalue weighted by Gasteiger charge is -2.20. The molecule has 13 heavy (non-hydrogen) atoms. The molecule has 0 saturated carbocycles. The molecule has 0 fully saturated rings. The van der Waals surface area contributed by atoms with Crippen LogP contribution >= 0.6 is 11.3 Å². The minimum atomic E-state index is 0.162. The molecule has 2 nitrogen and oxygen atoms in total. The molecule has 1 rings (SSSR count). The third-order valence-electron chi connectivity index (χ3n) is 1.70. The van der Waals surface area contributed by atoms with Crippen LogP contribution in [-0.4, -0.2) is 12.6 Å².